The fourth-order valence-electron chi connectivity index (χ4n) is 1.08. The number of terminal acetylenes is 1. The van der Waals surface area contributed by atoms with Crippen molar-refractivity contribution in [3.05, 3.63) is 0 Å². The zero-order valence-corrected chi connectivity index (χ0v) is 11.5. The van der Waals surface area contributed by atoms with Crippen molar-refractivity contribution in [3.63, 3.8) is 0 Å². The molecule has 0 spiro atoms. The maximum atomic E-state index is 11.9. The zero-order valence-electron chi connectivity index (χ0n) is 14.5. The Labute approximate surface area is 117 Å². The van der Waals surface area contributed by atoms with Gasteiger partial charge in [0, 0.05) is 24.1 Å². The first kappa shape index (κ1) is 12.3. The Morgan fingerprint density at radius 2 is 2.05 bits per heavy atom. The molecule has 0 aromatic heterocycles. The van der Waals surface area contributed by atoms with E-state index in [2.05, 4.69) is 4.74 Å². The molecule has 0 aliphatic carbocycles. The van der Waals surface area contributed by atoms with Gasteiger partial charge in [0.05, 0.1) is 7.11 Å². The Morgan fingerprint density at radius 3 is 2.42 bits per heavy atom. The maximum absolute atomic E-state index is 11.9. The lowest BCUT2D eigenvalue weighted by Gasteiger charge is -2.26. The van der Waals surface area contributed by atoms with Crippen LogP contribution in [0.4, 0.5) is 4.79 Å². The van der Waals surface area contributed by atoms with Crippen molar-refractivity contribution in [1.82, 2.24) is 4.90 Å². The highest BCUT2D eigenvalue weighted by molar-refractivity contribution is 5.83. The first-order valence-corrected chi connectivity index (χ1v) is 5.56. The first-order chi connectivity index (χ1) is 9.77. The number of carbonyl (C=O) groups is 2. The number of hydrogen-bond donors (Lipinski definition) is 1. The van der Waals surface area contributed by atoms with E-state index in [1.54, 1.807) is 20.8 Å². The van der Waals surface area contributed by atoms with Crippen LogP contribution in [0, 0.1) is 12.3 Å². The second-order valence-corrected chi connectivity index (χ2v) is 4.88. The zero-order chi connectivity index (χ0) is 17.8. The van der Waals surface area contributed by atoms with Crippen molar-refractivity contribution in [3.8, 4) is 12.3 Å². The van der Waals surface area contributed by atoms with Crippen molar-refractivity contribution >= 4 is 12.1 Å². The van der Waals surface area contributed by atoms with Crippen LogP contribution >= 0.6 is 0 Å². The monoisotopic (exact) mass is 274 g/mol. The smallest absolute Gasteiger partial charge is 0.410 e. The molecular formula is C13H21NO5. The molecule has 19 heavy (non-hydrogen) atoms. The number of nitrogens with zero attached hydrogens (tertiary/aromatic N) is 1. The number of amides is 1. The van der Waals surface area contributed by atoms with Crippen LogP contribution < -0.4 is 0 Å². The van der Waals surface area contributed by atoms with Crippen LogP contribution in [-0.2, 0) is 14.3 Å². The third-order valence-corrected chi connectivity index (χ3v) is 2.07. The summed E-state index contributed by atoms with van der Waals surface area (Å²) in [7, 11) is 1.03. The van der Waals surface area contributed by atoms with Gasteiger partial charge in [0.2, 0.25) is 5.60 Å². The highest BCUT2D eigenvalue weighted by atomic mass is 16.6. The second kappa shape index (κ2) is 6.43. The fraction of sp³-hybridized carbons (Fsp3) is 0.692. The SMILES string of the molecule is [2H]C([2H])([2H])N(CCC(O)(C#C)C(=O)OC)C(=O)OC(C)(C)C. The van der Waals surface area contributed by atoms with Gasteiger partial charge in [-0.05, 0) is 20.8 Å². The molecule has 6 nitrogen and oxygen atoms in total. The molecule has 0 aliphatic rings. The van der Waals surface area contributed by atoms with Gasteiger partial charge in [-0.15, -0.1) is 6.42 Å². The summed E-state index contributed by atoms with van der Waals surface area (Å²) in [6, 6.07) is 0. The van der Waals surface area contributed by atoms with E-state index >= 15 is 0 Å². The lowest BCUT2D eigenvalue weighted by Crippen LogP contribution is -2.43. The summed E-state index contributed by atoms with van der Waals surface area (Å²) in [6.07, 6.45) is 3.47. The minimum absolute atomic E-state index is 0.420. The van der Waals surface area contributed by atoms with Crippen molar-refractivity contribution in [1.29, 1.82) is 0 Å². The topological polar surface area (TPSA) is 76.1 Å². The van der Waals surface area contributed by atoms with Crippen LogP contribution in [0.3, 0.4) is 0 Å². The third kappa shape index (κ3) is 5.62. The van der Waals surface area contributed by atoms with Crippen molar-refractivity contribution in [2.24, 2.45) is 0 Å². The van der Waals surface area contributed by atoms with Gasteiger partial charge in [0.1, 0.15) is 5.60 Å². The molecule has 0 rings (SSSR count). The van der Waals surface area contributed by atoms with Crippen molar-refractivity contribution < 1.29 is 28.3 Å². The quantitative estimate of drug-likeness (QED) is 0.605. The number of rotatable bonds is 4. The average molecular weight is 274 g/mol. The predicted octanol–water partition coefficient (Wildman–Crippen LogP) is 0.781. The summed E-state index contributed by atoms with van der Waals surface area (Å²) in [4.78, 5) is 23.8. The number of methoxy groups -OCH3 is 1. The molecule has 1 N–H and O–H groups in total. The van der Waals surface area contributed by atoms with Crippen molar-refractivity contribution in [2.45, 2.75) is 38.4 Å². The Balaban J connectivity index is 5.16. The normalized spacial score (nSPS) is 16.9. The molecular weight excluding hydrogens is 250 g/mol. The van der Waals surface area contributed by atoms with Gasteiger partial charge in [0.25, 0.3) is 0 Å². The number of aliphatic hydroxyl groups is 1. The van der Waals surface area contributed by atoms with E-state index in [0.29, 0.717) is 4.90 Å². The average Bonchev–Trinajstić information content (AvgIpc) is 2.33. The van der Waals surface area contributed by atoms with Gasteiger partial charge in [0.15, 0.2) is 0 Å². The van der Waals surface area contributed by atoms with Crippen LogP contribution in [-0.4, -0.2) is 53.9 Å². The van der Waals surface area contributed by atoms with Gasteiger partial charge in [-0.2, -0.15) is 0 Å². The second-order valence-electron chi connectivity index (χ2n) is 4.88. The maximum Gasteiger partial charge on any atom is 0.410 e. The lowest BCUT2D eigenvalue weighted by atomic mass is 10.0. The fourth-order valence-corrected chi connectivity index (χ4v) is 1.08. The summed E-state index contributed by atoms with van der Waals surface area (Å²) >= 11 is 0. The van der Waals surface area contributed by atoms with Crippen LogP contribution in [0.2, 0.25) is 0 Å². The number of ether oxygens (including phenoxy) is 2. The molecule has 0 aromatic rings. The molecule has 1 atom stereocenters. The van der Waals surface area contributed by atoms with Gasteiger partial charge in [-0.3, -0.25) is 0 Å². The van der Waals surface area contributed by atoms with E-state index in [-0.39, 0.29) is 0 Å². The molecule has 0 aromatic carbocycles. The summed E-state index contributed by atoms with van der Waals surface area (Å²) in [5, 5.41) is 9.94. The van der Waals surface area contributed by atoms with E-state index in [9.17, 15) is 14.7 Å². The molecule has 0 aliphatic heterocycles. The Morgan fingerprint density at radius 1 is 1.47 bits per heavy atom. The minimum atomic E-state index is -2.81. The Bertz CT molecular complexity index is 464. The highest BCUT2D eigenvalue weighted by Gasteiger charge is 2.35. The molecule has 108 valence electrons. The van der Waals surface area contributed by atoms with E-state index < -0.39 is 43.2 Å². The van der Waals surface area contributed by atoms with Gasteiger partial charge < -0.3 is 19.5 Å². The van der Waals surface area contributed by atoms with Gasteiger partial charge >= 0.3 is 12.1 Å². The summed E-state index contributed by atoms with van der Waals surface area (Å²) < 4.78 is 31.4. The van der Waals surface area contributed by atoms with Crippen LogP contribution in [0.5, 0.6) is 0 Å². The number of carbonyl (C=O) groups excluding carboxylic acids is 2. The summed E-state index contributed by atoms with van der Waals surface area (Å²) in [5.74, 6) is 0.735. The molecule has 0 saturated carbocycles. The summed E-state index contributed by atoms with van der Waals surface area (Å²) in [5.41, 5.74) is -3.22. The Hall–Kier alpha value is -1.74. The molecule has 0 fully saturated rings. The van der Waals surface area contributed by atoms with Crippen molar-refractivity contribution in [2.75, 3.05) is 20.6 Å². The molecule has 6 heteroatoms. The standard InChI is InChI=1S/C13H21NO5/c1-7-13(17,10(15)18-6)8-9-14(5)11(16)19-12(2,3)4/h1,17H,8-9H2,2-6H3/i5D3. The predicted molar refractivity (Wildman–Crippen MR) is 69.3 cm³/mol. The summed E-state index contributed by atoms with van der Waals surface area (Å²) in [6.45, 7) is 1.41. The molecule has 0 bridgehead atoms. The first-order valence-electron chi connectivity index (χ1n) is 7.06. The largest absolute Gasteiger partial charge is 0.466 e. The number of hydrogen-bond acceptors (Lipinski definition) is 5. The van der Waals surface area contributed by atoms with E-state index in [4.69, 9.17) is 15.3 Å². The minimum Gasteiger partial charge on any atom is -0.466 e. The van der Waals surface area contributed by atoms with E-state index in [1.165, 1.54) is 0 Å². The van der Waals surface area contributed by atoms with Gasteiger partial charge in [-0.1, -0.05) is 5.92 Å². The third-order valence-electron chi connectivity index (χ3n) is 2.07. The molecule has 0 heterocycles. The lowest BCUT2D eigenvalue weighted by molar-refractivity contribution is -0.157. The highest BCUT2D eigenvalue weighted by Crippen LogP contribution is 2.14. The Kier molecular flexibility index (Phi) is 4.17. The van der Waals surface area contributed by atoms with Crippen LogP contribution in [0.1, 0.15) is 31.3 Å². The van der Waals surface area contributed by atoms with Gasteiger partial charge in [-0.25, -0.2) is 9.59 Å². The van der Waals surface area contributed by atoms with Crippen LogP contribution in [0.15, 0.2) is 0 Å². The van der Waals surface area contributed by atoms with Crippen LogP contribution in [0.25, 0.3) is 0 Å². The molecule has 1 unspecified atom stereocenters. The number of esters is 1. The molecule has 0 radical (unpaired) electrons. The molecule has 1 amide bonds. The van der Waals surface area contributed by atoms with E-state index in [1.807, 2.05) is 5.92 Å². The van der Waals surface area contributed by atoms with E-state index in [0.717, 1.165) is 7.11 Å². The molecule has 0 saturated heterocycles.